The number of hydrogen-bond acceptors (Lipinski definition) is 0. The normalized spacial score (nSPS) is 13.0. The second-order valence-electron chi connectivity index (χ2n) is 20.8. The standard InChI is InChI=1S/C63H99Si.3ClH.Ti/c1-9-16-22-28-34-53-42-54(35-29-23-17-10-2)46-61(45-53)64(60-41-40-59(51-60)52(8)15-7,62-47-55(36-30-24-18-11-3)43-56(48-62)37-31-25-19-12-4)63-49-57(38-32-26-20-13-5)44-58(50-63)39-33-27-21-14-6;;;;/h40,42-50,52H,9-39,41H2,1-8H3;3*1H;/q;;;;+3/p-3. The molecule has 1 atom stereocenters. The summed E-state index contributed by atoms with van der Waals surface area (Å²) in [6.07, 6.45) is 43.9. The second kappa shape index (κ2) is 37.7. The molecule has 68 heavy (non-hydrogen) atoms. The van der Waals surface area contributed by atoms with Gasteiger partial charge in [-0.05, 0) is 0 Å². The van der Waals surface area contributed by atoms with E-state index in [1.807, 2.05) is 0 Å². The quantitative estimate of drug-likeness (QED) is 0.0311. The van der Waals surface area contributed by atoms with Gasteiger partial charge in [-0.25, -0.2) is 0 Å². The van der Waals surface area contributed by atoms with E-state index in [0.29, 0.717) is 5.92 Å². The van der Waals surface area contributed by atoms with Crippen LogP contribution in [0.15, 0.2) is 75.3 Å². The summed E-state index contributed by atoms with van der Waals surface area (Å²) in [5, 5.41) is 6.89. The van der Waals surface area contributed by atoms with Crippen molar-refractivity contribution in [1.29, 1.82) is 0 Å². The van der Waals surface area contributed by atoms with Gasteiger partial charge < -0.3 is 37.2 Å². The van der Waals surface area contributed by atoms with Crippen molar-refractivity contribution in [2.75, 3.05) is 0 Å². The Morgan fingerprint density at radius 1 is 0.382 bits per heavy atom. The smallest absolute Gasteiger partial charge is 1.00 e. The largest absolute Gasteiger partial charge is 1.00 e. The molecule has 0 nitrogen and oxygen atoms in total. The van der Waals surface area contributed by atoms with E-state index in [1.165, 1.54) is 199 Å². The fourth-order valence-corrected chi connectivity index (χ4v) is 17.9. The van der Waals surface area contributed by atoms with Crippen molar-refractivity contribution in [1.82, 2.24) is 0 Å². The van der Waals surface area contributed by atoms with Crippen molar-refractivity contribution < 1.29 is 57.7 Å². The van der Waals surface area contributed by atoms with Gasteiger partial charge >= 0.3 is 420 Å². The zero-order chi connectivity index (χ0) is 46.7. The van der Waals surface area contributed by atoms with Gasteiger partial charge in [0.15, 0.2) is 0 Å². The first-order valence-electron chi connectivity index (χ1n) is 28.3. The molecule has 4 rings (SSSR count). The third kappa shape index (κ3) is 20.5. The molecule has 0 fully saturated rings. The van der Waals surface area contributed by atoms with Gasteiger partial charge in [-0.15, -0.1) is 0 Å². The number of benzene rings is 3. The van der Waals surface area contributed by atoms with E-state index in [4.69, 9.17) is 0 Å². The van der Waals surface area contributed by atoms with E-state index in [2.05, 4.69) is 136 Å². The maximum absolute atomic E-state index is 2.84. The Morgan fingerprint density at radius 2 is 0.632 bits per heavy atom. The van der Waals surface area contributed by atoms with Crippen LogP contribution in [-0.4, -0.2) is 8.07 Å². The predicted octanol–water partition coefficient (Wildman–Crippen LogP) is 8.62. The van der Waals surface area contributed by atoms with Gasteiger partial charge in [-0.2, -0.15) is 0 Å². The number of halogens is 3. The van der Waals surface area contributed by atoms with Gasteiger partial charge in [-0.1, -0.05) is 0 Å². The molecule has 1 unspecified atom stereocenters. The zero-order valence-corrected chi connectivity index (χ0v) is 49.9. The number of hydrogen-bond donors (Lipinski definition) is 0. The molecule has 0 aromatic heterocycles. The van der Waals surface area contributed by atoms with Gasteiger partial charge in [0.25, 0.3) is 0 Å². The molecule has 3 aromatic carbocycles. The van der Waals surface area contributed by atoms with E-state index in [0.717, 1.165) is 6.42 Å². The van der Waals surface area contributed by atoms with Crippen LogP contribution in [0.3, 0.4) is 0 Å². The third-order valence-electron chi connectivity index (χ3n) is 15.1. The maximum Gasteiger partial charge on any atom is -1.00 e. The summed E-state index contributed by atoms with van der Waals surface area (Å²) >= 11 is 2.57. The molecule has 0 bridgehead atoms. The van der Waals surface area contributed by atoms with Crippen molar-refractivity contribution in [3.05, 3.63) is 109 Å². The van der Waals surface area contributed by atoms with Gasteiger partial charge in [0.2, 0.25) is 0 Å². The Kier molecular flexibility index (Phi) is 36.0. The van der Waals surface area contributed by atoms with Crippen LogP contribution in [0.2, 0.25) is 0 Å². The van der Waals surface area contributed by atoms with E-state index in [-0.39, 0.29) is 37.2 Å². The Bertz CT molecular complexity index is 1600. The van der Waals surface area contributed by atoms with Crippen LogP contribution in [0.1, 0.15) is 256 Å². The average molecular weight is 1040 g/mol. The van der Waals surface area contributed by atoms with E-state index in [9.17, 15) is 0 Å². The molecule has 1 aliphatic carbocycles. The van der Waals surface area contributed by atoms with Gasteiger partial charge in [0.1, 0.15) is 0 Å². The van der Waals surface area contributed by atoms with E-state index in [1.54, 1.807) is 63.6 Å². The number of allylic oxidation sites excluding steroid dienone is 4. The van der Waals surface area contributed by atoms with Crippen LogP contribution in [0.5, 0.6) is 0 Å². The van der Waals surface area contributed by atoms with Gasteiger partial charge in [0.05, 0.1) is 0 Å². The van der Waals surface area contributed by atoms with Crippen LogP contribution in [-0.2, 0) is 59.0 Å². The molecule has 0 saturated carbocycles. The fraction of sp³-hybridized carbons (Fsp3) is 0.651. The van der Waals surface area contributed by atoms with Crippen LogP contribution >= 0.6 is 0 Å². The first-order chi connectivity index (χ1) is 31.8. The van der Waals surface area contributed by atoms with Crippen molar-refractivity contribution in [3.8, 4) is 0 Å². The maximum atomic E-state index is 2.82. The molecular formula is C63H99Cl3SiTi. The topological polar surface area (TPSA) is 0 Å². The van der Waals surface area contributed by atoms with E-state index < -0.39 is 8.07 Å². The molecule has 0 radical (unpaired) electrons. The molecule has 0 spiro atoms. The summed E-state index contributed by atoms with van der Waals surface area (Å²) in [4.78, 5) is 0. The van der Waals surface area contributed by atoms with Crippen LogP contribution in [0, 0.1) is 5.92 Å². The summed E-state index contributed by atoms with van der Waals surface area (Å²) < 4.78 is 1.64. The number of rotatable bonds is 36. The number of unbranched alkanes of at least 4 members (excludes halogenated alkanes) is 18. The summed E-state index contributed by atoms with van der Waals surface area (Å²) in [5.74, 6) is 0.580. The van der Waals surface area contributed by atoms with Gasteiger partial charge in [0, 0.05) is 0 Å². The SMILES string of the molecule is CCCCCCc1cc(CCCCCC)cc([Si](C2=[C]([Ti+3])C(C(C)CC)=CC2)(c2cc(CCCCCC)cc(CCCCCC)c2)c2cc(CCCCCC)cc(CCCCCC)c2)c1.[Cl-].[Cl-].[Cl-]. The molecule has 0 saturated heterocycles. The summed E-state index contributed by atoms with van der Waals surface area (Å²) in [6, 6.07) is 24.9. The molecule has 3 aromatic rings. The molecule has 0 aliphatic heterocycles. The van der Waals surface area contributed by atoms with Crippen molar-refractivity contribution >= 4 is 23.6 Å². The Balaban J connectivity index is 0.00000771. The Hall–Kier alpha value is -1.06. The van der Waals surface area contributed by atoms with Crippen molar-refractivity contribution in [2.24, 2.45) is 5.92 Å². The minimum atomic E-state index is -2.84. The minimum absolute atomic E-state index is 0. The predicted molar refractivity (Wildman–Crippen MR) is 290 cm³/mol. The van der Waals surface area contributed by atoms with Gasteiger partial charge in [-0.3, -0.25) is 0 Å². The first kappa shape index (κ1) is 65.0. The number of aryl methyl sites for hydroxylation is 6. The monoisotopic (exact) mass is 1040 g/mol. The molecule has 5 heteroatoms. The van der Waals surface area contributed by atoms with E-state index >= 15 is 0 Å². The fourth-order valence-electron chi connectivity index (χ4n) is 11.0. The van der Waals surface area contributed by atoms with Crippen molar-refractivity contribution in [3.63, 3.8) is 0 Å². The Morgan fingerprint density at radius 3 is 0.853 bits per heavy atom. The first-order valence-corrected chi connectivity index (χ1v) is 31.1. The van der Waals surface area contributed by atoms with Crippen LogP contribution < -0.4 is 52.8 Å². The Labute approximate surface area is 453 Å². The summed E-state index contributed by atoms with van der Waals surface area (Å²) in [5.41, 5.74) is 11.3. The summed E-state index contributed by atoms with van der Waals surface area (Å²) in [6.45, 7) is 19.1. The molecule has 0 N–H and O–H groups in total. The van der Waals surface area contributed by atoms with Crippen LogP contribution in [0.25, 0.3) is 0 Å². The minimum Gasteiger partial charge on any atom is -1.00 e. The second-order valence-corrected chi connectivity index (χ2v) is 25.4. The third-order valence-corrected chi connectivity index (χ3v) is 21.2. The summed E-state index contributed by atoms with van der Waals surface area (Å²) in [7, 11) is -2.84. The molecule has 0 heterocycles. The molecule has 1 aliphatic rings. The molecule has 380 valence electrons. The zero-order valence-electron chi connectivity index (χ0n) is 45.1. The molecular weight excluding hydrogens is 939 g/mol. The van der Waals surface area contributed by atoms with Crippen molar-refractivity contribution in [2.45, 2.75) is 261 Å². The average Bonchev–Trinajstić information content (AvgIpc) is 3.70. The molecule has 0 amide bonds. The van der Waals surface area contributed by atoms with Crippen LogP contribution in [0.4, 0.5) is 0 Å².